The van der Waals surface area contributed by atoms with E-state index in [1.54, 1.807) is 28.3 Å². The molecular weight excluding hydrogens is 408 g/mol. The Labute approximate surface area is 185 Å². The Bertz CT molecular complexity index is 1080. The van der Waals surface area contributed by atoms with Gasteiger partial charge < -0.3 is 10.2 Å². The molecular formula is C24H24N4O2S. The molecule has 2 amide bonds. The summed E-state index contributed by atoms with van der Waals surface area (Å²) in [5.41, 5.74) is 1.82. The van der Waals surface area contributed by atoms with Crippen LogP contribution >= 0.6 is 11.3 Å². The van der Waals surface area contributed by atoms with Gasteiger partial charge in [0.25, 0.3) is 0 Å². The van der Waals surface area contributed by atoms with E-state index >= 15 is 0 Å². The van der Waals surface area contributed by atoms with E-state index in [0.717, 1.165) is 48.6 Å². The van der Waals surface area contributed by atoms with E-state index in [0.29, 0.717) is 0 Å². The molecule has 1 saturated heterocycles. The highest BCUT2D eigenvalue weighted by molar-refractivity contribution is 7.10. The highest BCUT2D eigenvalue weighted by atomic mass is 32.1. The molecule has 0 bridgehead atoms. The first-order valence-electron chi connectivity index (χ1n) is 10.5. The first-order valence-corrected chi connectivity index (χ1v) is 11.4. The van der Waals surface area contributed by atoms with Gasteiger partial charge in [0.15, 0.2) is 0 Å². The van der Waals surface area contributed by atoms with Crippen molar-refractivity contribution in [3.05, 3.63) is 71.2 Å². The Morgan fingerprint density at radius 3 is 2.61 bits per heavy atom. The highest BCUT2D eigenvalue weighted by Crippen LogP contribution is 2.59. The lowest BCUT2D eigenvalue weighted by Gasteiger charge is -2.32. The second-order valence-electron chi connectivity index (χ2n) is 8.28. The van der Waals surface area contributed by atoms with Crippen LogP contribution in [0.2, 0.25) is 0 Å². The first kappa shape index (κ1) is 19.8. The summed E-state index contributed by atoms with van der Waals surface area (Å²) in [6.45, 7) is 1.44. The van der Waals surface area contributed by atoms with E-state index in [1.807, 2.05) is 65.0 Å². The summed E-state index contributed by atoms with van der Waals surface area (Å²) in [6.07, 6.45) is 9.86. The molecule has 5 rings (SSSR count). The zero-order valence-electron chi connectivity index (χ0n) is 17.1. The Hall–Kier alpha value is -3.19. The fourth-order valence-corrected chi connectivity index (χ4v) is 5.05. The average molecular weight is 433 g/mol. The number of hydrogen-bond donors (Lipinski definition) is 1. The summed E-state index contributed by atoms with van der Waals surface area (Å²) in [5.74, 6) is 0.184. The van der Waals surface area contributed by atoms with Crippen LogP contribution in [-0.4, -0.2) is 39.6 Å². The number of carbonyl (C=O) groups excluding carboxylic acids is 2. The summed E-state index contributed by atoms with van der Waals surface area (Å²) in [5, 5.41) is 9.27. The number of piperidine rings is 1. The minimum atomic E-state index is 0.0391. The summed E-state index contributed by atoms with van der Waals surface area (Å²) in [6, 6.07) is 13.6. The Kier molecular flexibility index (Phi) is 5.19. The highest BCUT2D eigenvalue weighted by Gasteiger charge is 2.58. The fraction of sp³-hybridized carbons (Fsp3) is 0.292. The molecule has 3 aromatic rings. The van der Waals surface area contributed by atoms with Crippen LogP contribution in [0.3, 0.4) is 0 Å². The number of aromatic nitrogens is 2. The average Bonchev–Trinajstić information content (AvgIpc) is 3.20. The van der Waals surface area contributed by atoms with Crippen molar-refractivity contribution in [2.24, 2.45) is 11.3 Å². The topological polar surface area (TPSA) is 67.2 Å². The van der Waals surface area contributed by atoms with Gasteiger partial charge in [0.1, 0.15) is 0 Å². The molecule has 0 radical (unpaired) electrons. The molecule has 7 heteroatoms. The third kappa shape index (κ3) is 4.18. The molecule has 1 unspecified atom stereocenters. The molecule has 1 saturated carbocycles. The van der Waals surface area contributed by atoms with Gasteiger partial charge in [-0.1, -0.05) is 6.07 Å². The van der Waals surface area contributed by atoms with Crippen LogP contribution in [0.5, 0.6) is 0 Å². The molecule has 1 N–H and O–H groups in total. The van der Waals surface area contributed by atoms with Crippen LogP contribution in [0, 0.1) is 11.3 Å². The zero-order chi connectivity index (χ0) is 21.3. The van der Waals surface area contributed by atoms with Crippen molar-refractivity contribution in [2.45, 2.75) is 19.3 Å². The van der Waals surface area contributed by atoms with Crippen LogP contribution < -0.4 is 5.32 Å². The lowest BCUT2D eigenvalue weighted by molar-refractivity contribution is -0.127. The third-order valence-corrected chi connectivity index (χ3v) is 7.25. The first-order chi connectivity index (χ1) is 15.1. The van der Waals surface area contributed by atoms with Gasteiger partial charge >= 0.3 is 0 Å². The largest absolute Gasteiger partial charge is 0.339 e. The van der Waals surface area contributed by atoms with Crippen molar-refractivity contribution in [3.8, 4) is 5.69 Å². The number of rotatable bonds is 5. The molecule has 2 aliphatic rings. The van der Waals surface area contributed by atoms with Crippen LogP contribution in [0.15, 0.2) is 66.3 Å². The fourth-order valence-electron chi connectivity index (χ4n) is 4.44. The molecule has 1 aromatic carbocycles. The normalized spacial score (nSPS) is 19.6. The van der Waals surface area contributed by atoms with E-state index < -0.39 is 0 Å². The van der Waals surface area contributed by atoms with E-state index in [1.165, 1.54) is 0 Å². The lowest BCUT2D eigenvalue weighted by Crippen LogP contribution is -2.39. The van der Waals surface area contributed by atoms with Crippen molar-refractivity contribution in [1.82, 2.24) is 14.7 Å². The van der Waals surface area contributed by atoms with E-state index in [4.69, 9.17) is 0 Å². The monoisotopic (exact) mass is 432 g/mol. The SMILES string of the molecule is O=C(Nc1ccc(-n2cccn2)cc1)C1CC12CCN(C(=O)C=Cc1cccs1)CC2. The number of hydrogen-bond acceptors (Lipinski definition) is 4. The number of amides is 2. The van der Waals surface area contributed by atoms with Crippen LogP contribution in [0.1, 0.15) is 24.1 Å². The number of benzene rings is 1. The van der Waals surface area contributed by atoms with Crippen molar-refractivity contribution < 1.29 is 9.59 Å². The molecule has 1 atom stereocenters. The number of nitrogens with zero attached hydrogens (tertiary/aromatic N) is 3. The Morgan fingerprint density at radius 1 is 1.13 bits per heavy atom. The zero-order valence-corrected chi connectivity index (χ0v) is 17.9. The van der Waals surface area contributed by atoms with E-state index in [-0.39, 0.29) is 23.1 Å². The van der Waals surface area contributed by atoms with Gasteiger partial charge in [-0.15, -0.1) is 11.3 Å². The van der Waals surface area contributed by atoms with E-state index in [2.05, 4.69) is 10.4 Å². The van der Waals surface area contributed by atoms with Crippen LogP contribution in [0.25, 0.3) is 11.8 Å². The maximum atomic E-state index is 12.8. The van der Waals surface area contributed by atoms with Gasteiger partial charge in [0.05, 0.1) is 5.69 Å². The quantitative estimate of drug-likeness (QED) is 0.614. The van der Waals surface area contributed by atoms with Gasteiger partial charge in [0.2, 0.25) is 11.8 Å². The van der Waals surface area contributed by atoms with Gasteiger partial charge in [-0.2, -0.15) is 5.10 Å². The van der Waals surface area contributed by atoms with Gasteiger partial charge in [-0.25, -0.2) is 4.68 Å². The molecule has 2 fully saturated rings. The maximum absolute atomic E-state index is 12.8. The summed E-state index contributed by atoms with van der Waals surface area (Å²) >= 11 is 1.62. The summed E-state index contributed by atoms with van der Waals surface area (Å²) in [7, 11) is 0. The predicted molar refractivity (Wildman–Crippen MR) is 122 cm³/mol. The summed E-state index contributed by atoms with van der Waals surface area (Å²) in [4.78, 5) is 28.2. The maximum Gasteiger partial charge on any atom is 0.246 e. The van der Waals surface area contributed by atoms with Crippen LogP contribution in [0.4, 0.5) is 5.69 Å². The molecule has 31 heavy (non-hydrogen) atoms. The molecule has 3 heterocycles. The standard InChI is InChI=1S/C24H24N4O2S/c29-22(9-8-20-3-1-16-31-20)27-14-10-24(11-15-27)17-21(24)23(30)26-18-4-6-19(7-5-18)28-13-2-12-25-28/h1-9,12-13,16,21H,10-11,14-15,17H2,(H,26,30). The minimum Gasteiger partial charge on any atom is -0.339 e. The van der Waals surface area contributed by atoms with Gasteiger partial charge in [-0.05, 0) is 72.5 Å². The van der Waals surface area contributed by atoms with Crippen molar-refractivity contribution in [2.75, 3.05) is 18.4 Å². The molecule has 1 aliphatic heterocycles. The van der Waals surface area contributed by atoms with Crippen molar-refractivity contribution >= 4 is 34.9 Å². The molecule has 6 nitrogen and oxygen atoms in total. The van der Waals surface area contributed by atoms with Crippen LogP contribution in [-0.2, 0) is 9.59 Å². The second-order valence-corrected chi connectivity index (χ2v) is 9.26. The van der Waals surface area contributed by atoms with Crippen molar-refractivity contribution in [1.29, 1.82) is 0 Å². The predicted octanol–water partition coefficient (Wildman–Crippen LogP) is 4.21. The number of likely N-dealkylation sites (tertiary alicyclic amines) is 1. The smallest absolute Gasteiger partial charge is 0.246 e. The number of carbonyl (C=O) groups is 2. The minimum absolute atomic E-state index is 0.0391. The van der Waals surface area contributed by atoms with Crippen molar-refractivity contribution in [3.63, 3.8) is 0 Å². The molecule has 158 valence electrons. The third-order valence-electron chi connectivity index (χ3n) is 6.41. The molecule has 1 aliphatic carbocycles. The number of anilines is 1. The molecule has 2 aromatic heterocycles. The lowest BCUT2D eigenvalue weighted by atomic mass is 9.90. The number of thiophene rings is 1. The Morgan fingerprint density at radius 2 is 1.94 bits per heavy atom. The second kappa shape index (κ2) is 8.15. The molecule has 1 spiro atoms. The summed E-state index contributed by atoms with van der Waals surface area (Å²) < 4.78 is 1.78. The number of nitrogens with one attached hydrogen (secondary N) is 1. The van der Waals surface area contributed by atoms with Gasteiger partial charge in [-0.3, -0.25) is 9.59 Å². The van der Waals surface area contributed by atoms with E-state index in [9.17, 15) is 9.59 Å². The van der Waals surface area contributed by atoms with Gasteiger partial charge in [0, 0.05) is 48.0 Å². The Balaban J connectivity index is 1.13.